The van der Waals surface area contributed by atoms with Crippen molar-refractivity contribution in [2.75, 3.05) is 10.6 Å². The van der Waals surface area contributed by atoms with Crippen LogP contribution in [0.2, 0.25) is 0 Å². The predicted molar refractivity (Wildman–Crippen MR) is 84.1 cm³/mol. The van der Waals surface area contributed by atoms with Crippen LogP contribution in [0.4, 0.5) is 24.5 Å². The molecule has 0 aliphatic carbocycles. The number of hydrogen-bond donors (Lipinski definition) is 2. The summed E-state index contributed by atoms with van der Waals surface area (Å²) in [5.74, 6) is -0.282. The molecule has 0 aliphatic rings. The van der Waals surface area contributed by atoms with E-state index in [1.54, 1.807) is 0 Å². The van der Waals surface area contributed by atoms with Crippen LogP contribution >= 0.6 is 12.2 Å². The van der Waals surface area contributed by atoms with Crippen LogP contribution in [0.3, 0.4) is 0 Å². The van der Waals surface area contributed by atoms with Gasteiger partial charge in [0.15, 0.2) is 5.11 Å². The third kappa shape index (κ3) is 5.25. The summed E-state index contributed by atoms with van der Waals surface area (Å²) in [5, 5.41) is 6.20. The Morgan fingerprint density at radius 3 is 1.82 bits per heavy atom. The van der Waals surface area contributed by atoms with Crippen molar-refractivity contribution in [3.05, 3.63) is 54.1 Å². The van der Waals surface area contributed by atoms with Gasteiger partial charge in [0.05, 0.1) is 0 Å². The number of anilines is 2. The van der Waals surface area contributed by atoms with Gasteiger partial charge in [-0.15, -0.1) is 13.2 Å². The Labute approximate surface area is 131 Å². The average molecular weight is 326 g/mol. The van der Waals surface area contributed by atoms with E-state index in [9.17, 15) is 13.2 Å². The van der Waals surface area contributed by atoms with Gasteiger partial charge in [-0.2, -0.15) is 0 Å². The number of nitrogens with one attached hydrogen (secondary N) is 2. The molecule has 7 heteroatoms. The van der Waals surface area contributed by atoms with Crippen LogP contribution in [0.25, 0.3) is 0 Å². The molecule has 0 radical (unpaired) electrons. The second-order valence-corrected chi connectivity index (χ2v) is 4.93. The van der Waals surface area contributed by atoms with Gasteiger partial charge in [0.25, 0.3) is 0 Å². The van der Waals surface area contributed by atoms with Crippen LogP contribution in [-0.2, 0) is 0 Å². The van der Waals surface area contributed by atoms with Crippen LogP contribution < -0.4 is 15.4 Å². The maximum absolute atomic E-state index is 12.1. The van der Waals surface area contributed by atoms with E-state index in [0.29, 0.717) is 10.8 Å². The maximum Gasteiger partial charge on any atom is 0.573 e. The summed E-state index contributed by atoms with van der Waals surface area (Å²) in [7, 11) is 0. The molecular weight excluding hydrogens is 313 g/mol. The molecule has 116 valence electrons. The molecule has 0 heterocycles. The number of halogens is 3. The van der Waals surface area contributed by atoms with Gasteiger partial charge < -0.3 is 15.4 Å². The molecule has 3 nitrogen and oxygen atoms in total. The van der Waals surface area contributed by atoms with E-state index >= 15 is 0 Å². The van der Waals surface area contributed by atoms with Gasteiger partial charge in [0.1, 0.15) is 5.75 Å². The Morgan fingerprint density at radius 1 is 0.909 bits per heavy atom. The van der Waals surface area contributed by atoms with Crippen LogP contribution in [0.5, 0.6) is 5.75 Å². The van der Waals surface area contributed by atoms with Crippen molar-refractivity contribution in [2.45, 2.75) is 13.3 Å². The Bertz CT molecular complexity index is 639. The number of rotatable bonds is 3. The molecular formula is C15H13F3N2OS. The first-order valence-electron chi connectivity index (χ1n) is 6.32. The van der Waals surface area contributed by atoms with Crippen molar-refractivity contribution in [3.8, 4) is 5.75 Å². The van der Waals surface area contributed by atoms with E-state index in [-0.39, 0.29) is 5.75 Å². The minimum Gasteiger partial charge on any atom is -0.406 e. The number of hydrogen-bond acceptors (Lipinski definition) is 2. The van der Waals surface area contributed by atoms with Crippen LogP contribution in [0.1, 0.15) is 5.56 Å². The molecule has 22 heavy (non-hydrogen) atoms. The molecule has 2 N–H and O–H groups in total. The summed E-state index contributed by atoms with van der Waals surface area (Å²) < 4.78 is 40.0. The highest BCUT2D eigenvalue weighted by atomic mass is 32.1. The quantitative estimate of drug-likeness (QED) is 0.801. The monoisotopic (exact) mass is 326 g/mol. The standard InChI is InChI=1S/C15H13F3N2OS/c1-10-2-4-11(5-3-10)19-14(22)20-12-6-8-13(9-7-12)21-15(16,17)18/h2-9H,1H3,(H2,19,20,22). The van der Waals surface area contributed by atoms with Crippen molar-refractivity contribution in [3.63, 3.8) is 0 Å². The zero-order valence-corrected chi connectivity index (χ0v) is 12.4. The zero-order chi connectivity index (χ0) is 16.2. The lowest BCUT2D eigenvalue weighted by Crippen LogP contribution is -2.19. The molecule has 2 rings (SSSR count). The fourth-order valence-electron chi connectivity index (χ4n) is 1.67. The molecule has 0 atom stereocenters. The third-order valence-corrected chi connectivity index (χ3v) is 2.86. The first kappa shape index (κ1) is 16.1. The SMILES string of the molecule is Cc1ccc(NC(=S)Nc2ccc(OC(F)(F)F)cc2)cc1. The maximum atomic E-state index is 12.1. The van der Waals surface area contributed by atoms with E-state index in [1.807, 2.05) is 31.2 Å². The van der Waals surface area contributed by atoms with Gasteiger partial charge in [0.2, 0.25) is 0 Å². The molecule has 2 aromatic rings. The van der Waals surface area contributed by atoms with Gasteiger partial charge in [-0.05, 0) is 55.5 Å². The summed E-state index contributed by atoms with van der Waals surface area (Å²) in [6.07, 6.45) is -4.70. The van der Waals surface area contributed by atoms with Gasteiger partial charge in [0, 0.05) is 11.4 Å². The largest absolute Gasteiger partial charge is 0.573 e. The van der Waals surface area contributed by atoms with Gasteiger partial charge >= 0.3 is 6.36 Å². The number of benzene rings is 2. The van der Waals surface area contributed by atoms with Gasteiger partial charge in [-0.25, -0.2) is 0 Å². The summed E-state index contributed by atoms with van der Waals surface area (Å²) in [6, 6.07) is 13.0. The first-order valence-corrected chi connectivity index (χ1v) is 6.73. The Kier molecular flexibility index (Phi) is 4.87. The summed E-state index contributed by atoms with van der Waals surface area (Å²) >= 11 is 5.14. The smallest absolute Gasteiger partial charge is 0.406 e. The van der Waals surface area contributed by atoms with Crippen molar-refractivity contribution in [1.29, 1.82) is 0 Å². The van der Waals surface area contributed by atoms with E-state index in [1.165, 1.54) is 24.3 Å². The average Bonchev–Trinajstić information content (AvgIpc) is 2.42. The fourth-order valence-corrected chi connectivity index (χ4v) is 1.91. The predicted octanol–water partition coefficient (Wildman–Crippen LogP) is 4.70. The van der Waals surface area contributed by atoms with Crippen molar-refractivity contribution in [1.82, 2.24) is 0 Å². The molecule has 0 bridgehead atoms. The molecule has 0 fully saturated rings. The van der Waals surface area contributed by atoms with Crippen LogP contribution in [0, 0.1) is 6.92 Å². The normalized spacial score (nSPS) is 10.9. The highest BCUT2D eigenvalue weighted by Crippen LogP contribution is 2.24. The van der Waals surface area contributed by atoms with E-state index in [4.69, 9.17) is 12.2 Å². The highest BCUT2D eigenvalue weighted by Gasteiger charge is 2.30. The van der Waals surface area contributed by atoms with E-state index < -0.39 is 6.36 Å². The second-order valence-electron chi connectivity index (χ2n) is 4.52. The first-order chi connectivity index (χ1) is 10.3. The highest BCUT2D eigenvalue weighted by molar-refractivity contribution is 7.80. The molecule has 0 amide bonds. The zero-order valence-electron chi connectivity index (χ0n) is 11.6. The molecule has 2 aromatic carbocycles. The van der Waals surface area contributed by atoms with Crippen molar-refractivity contribution < 1.29 is 17.9 Å². The fraction of sp³-hybridized carbons (Fsp3) is 0.133. The topological polar surface area (TPSA) is 33.3 Å². The van der Waals surface area contributed by atoms with E-state index in [0.717, 1.165) is 11.3 Å². The molecule has 0 unspecified atom stereocenters. The lowest BCUT2D eigenvalue weighted by Gasteiger charge is -2.12. The van der Waals surface area contributed by atoms with Crippen molar-refractivity contribution >= 4 is 28.7 Å². The minimum absolute atomic E-state index is 0.282. The molecule has 0 aromatic heterocycles. The van der Waals surface area contributed by atoms with Crippen molar-refractivity contribution in [2.24, 2.45) is 0 Å². The Morgan fingerprint density at radius 2 is 1.36 bits per heavy atom. The third-order valence-electron chi connectivity index (χ3n) is 2.66. The van der Waals surface area contributed by atoms with Crippen LogP contribution in [-0.4, -0.2) is 11.5 Å². The number of alkyl halides is 3. The Hall–Kier alpha value is -2.28. The molecule has 0 saturated carbocycles. The minimum atomic E-state index is -4.70. The summed E-state index contributed by atoms with van der Waals surface area (Å²) in [6.45, 7) is 1.98. The molecule has 0 saturated heterocycles. The number of aryl methyl sites for hydroxylation is 1. The van der Waals surface area contributed by atoms with Gasteiger partial charge in [-0.3, -0.25) is 0 Å². The summed E-state index contributed by atoms with van der Waals surface area (Å²) in [5.41, 5.74) is 2.50. The van der Waals surface area contributed by atoms with Crippen LogP contribution in [0.15, 0.2) is 48.5 Å². The molecule has 0 aliphatic heterocycles. The lowest BCUT2D eigenvalue weighted by molar-refractivity contribution is -0.274. The summed E-state index contributed by atoms with van der Waals surface area (Å²) in [4.78, 5) is 0. The lowest BCUT2D eigenvalue weighted by atomic mass is 10.2. The Balaban J connectivity index is 1.93. The van der Waals surface area contributed by atoms with E-state index in [2.05, 4.69) is 15.4 Å². The second kappa shape index (κ2) is 6.65. The number of thiocarbonyl (C=S) groups is 1. The van der Waals surface area contributed by atoms with Gasteiger partial charge in [-0.1, -0.05) is 17.7 Å². The number of ether oxygens (including phenoxy) is 1. The molecule has 0 spiro atoms.